The molecule has 0 fully saturated rings. The first-order valence-corrected chi connectivity index (χ1v) is 14.0. The van der Waals surface area contributed by atoms with Gasteiger partial charge in [-0.2, -0.15) is 5.26 Å². The summed E-state index contributed by atoms with van der Waals surface area (Å²) in [6.45, 7) is 6.23. The highest BCUT2D eigenvalue weighted by atomic mass is 35.5. The summed E-state index contributed by atoms with van der Waals surface area (Å²) in [7, 11) is 0. The monoisotopic (exact) mass is 590 g/mol. The fourth-order valence-electron chi connectivity index (χ4n) is 5.17. The lowest BCUT2D eigenvalue weighted by atomic mass is 9.83. The van der Waals surface area contributed by atoms with E-state index < -0.39 is 11.9 Å². The van der Waals surface area contributed by atoms with Crippen LogP contribution in [0.1, 0.15) is 49.9 Å². The number of furan rings is 1. The Balaban J connectivity index is 1.24. The molecule has 214 valence electrons. The molecule has 0 radical (unpaired) electrons. The summed E-state index contributed by atoms with van der Waals surface area (Å²) in [6.07, 6.45) is 0. The van der Waals surface area contributed by atoms with Gasteiger partial charge in [0.05, 0.1) is 5.92 Å². The quantitative estimate of drug-likeness (QED) is 0.157. The Hall–Kier alpha value is -5.19. The minimum Gasteiger partial charge on any atom is -0.489 e. The van der Waals surface area contributed by atoms with E-state index in [4.69, 9.17) is 36.0 Å². The molecule has 7 nitrogen and oxygen atoms in total. The van der Waals surface area contributed by atoms with Crippen molar-refractivity contribution in [2.75, 3.05) is 0 Å². The Labute approximate surface area is 253 Å². The third kappa shape index (κ3) is 5.41. The van der Waals surface area contributed by atoms with Crippen molar-refractivity contribution in [2.24, 2.45) is 5.73 Å². The zero-order chi connectivity index (χ0) is 30.2. The fraction of sp³-hybridized carbons (Fsp3) is 0.143. The van der Waals surface area contributed by atoms with Crippen molar-refractivity contribution in [3.05, 3.63) is 134 Å². The molecule has 0 aliphatic carbocycles. The van der Waals surface area contributed by atoms with E-state index in [9.17, 15) is 10.1 Å². The van der Waals surface area contributed by atoms with Crippen LogP contribution in [0.25, 0.3) is 11.0 Å². The van der Waals surface area contributed by atoms with Crippen molar-refractivity contribution in [3.8, 4) is 23.3 Å². The first-order valence-electron chi connectivity index (χ1n) is 13.6. The average Bonchev–Trinajstić information content (AvgIpc) is 3.31. The molecule has 0 amide bonds. The molecule has 2 N–H and O–H groups in total. The lowest BCUT2D eigenvalue weighted by Gasteiger charge is -2.26. The minimum atomic E-state index is -0.619. The molecule has 8 heteroatoms. The smallest absolute Gasteiger partial charge is 0.379 e. The van der Waals surface area contributed by atoms with Gasteiger partial charge >= 0.3 is 5.97 Å². The van der Waals surface area contributed by atoms with Crippen LogP contribution in [0, 0.1) is 32.1 Å². The number of halogens is 1. The molecule has 0 spiro atoms. The summed E-state index contributed by atoms with van der Waals surface area (Å²) in [5, 5.41) is 11.5. The highest BCUT2D eigenvalue weighted by molar-refractivity contribution is 6.30. The third-order valence-corrected chi connectivity index (χ3v) is 7.92. The first-order chi connectivity index (χ1) is 20.7. The van der Waals surface area contributed by atoms with Crippen molar-refractivity contribution in [1.29, 1.82) is 5.26 Å². The number of hydrogen-bond donors (Lipinski definition) is 1. The fourth-order valence-corrected chi connectivity index (χ4v) is 5.30. The van der Waals surface area contributed by atoms with Gasteiger partial charge in [0.2, 0.25) is 11.6 Å². The molecule has 43 heavy (non-hydrogen) atoms. The molecule has 1 aliphatic rings. The number of allylic oxidation sites excluding steroid dienone is 1. The Morgan fingerprint density at radius 1 is 0.953 bits per heavy atom. The SMILES string of the molecule is Cc1cc2oc(C(=O)Oc3ccc4c(c3)OC(N)=C(C#N)C4c3ccc(OCc4ccc(Cl)cc4)cc3)c(C)c2cc1C. The van der Waals surface area contributed by atoms with Gasteiger partial charge in [-0.05, 0) is 85.5 Å². The van der Waals surface area contributed by atoms with Crippen molar-refractivity contribution in [1.82, 2.24) is 0 Å². The highest BCUT2D eigenvalue weighted by Crippen LogP contribution is 2.44. The van der Waals surface area contributed by atoms with Crippen LogP contribution in [0.15, 0.2) is 94.7 Å². The van der Waals surface area contributed by atoms with Gasteiger partial charge in [0.25, 0.3) is 0 Å². The van der Waals surface area contributed by atoms with E-state index in [0.29, 0.717) is 39.8 Å². The van der Waals surface area contributed by atoms with Gasteiger partial charge in [0.15, 0.2) is 0 Å². The number of esters is 1. The molecule has 1 atom stereocenters. The predicted molar refractivity (Wildman–Crippen MR) is 163 cm³/mol. The minimum absolute atomic E-state index is 0.00888. The second-order valence-corrected chi connectivity index (χ2v) is 10.9. The standard InChI is InChI=1S/C35H27ClN2O5/c1-19-14-28-21(3)33(42-30(28)15-20(19)2)35(39)41-26-12-13-27-31(16-26)43-34(38)29(17-37)32(27)23-6-10-25(11-7-23)40-18-22-4-8-24(36)9-5-22/h4-16,32H,18,38H2,1-3H3. The number of benzene rings is 4. The summed E-state index contributed by atoms with van der Waals surface area (Å²) in [4.78, 5) is 13.1. The lowest BCUT2D eigenvalue weighted by molar-refractivity contribution is 0.0702. The number of carbonyl (C=O) groups excluding carboxylic acids is 1. The largest absolute Gasteiger partial charge is 0.489 e. The van der Waals surface area contributed by atoms with Crippen LogP contribution in [0.3, 0.4) is 0 Å². The summed E-state index contributed by atoms with van der Waals surface area (Å²) in [5.41, 5.74) is 12.5. The van der Waals surface area contributed by atoms with E-state index in [1.807, 2.05) is 81.4 Å². The molecule has 0 saturated carbocycles. The molecule has 4 aromatic carbocycles. The van der Waals surface area contributed by atoms with Gasteiger partial charge in [-0.25, -0.2) is 4.79 Å². The number of carbonyl (C=O) groups is 1. The summed E-state index contributed by atoms with van der Waals surface area (Å²) < 4.78 is 23.3. The zero-order valence-corrected chi connectivity index (χ0v) is 24.5. The Morgan fingerprint density at radius 2 is 1.65 bits per heavy atom. The van der Waals surface area contributed by atoms with Crippen molar-refractivity contribution in [3.63, 3.8) is 0 Å². The molecule has 5 aromatic rings. The molecule has 0 bridgehead atoms. The van der Waals surface area contributed by atoms with Crippen molar-refractivity contribution in [2.45, 2.75) is 33.3 Å². The number of ether oxygens (including phenoxy) is 3. The molecule has 0 saturated heterocycles. The number of hydrogen-bond acceptors (Lipinski definition) is 7. The Kier molecular flexibility index (Phi) is 7.31. The van der Waals surface area contributed by atoms with Crippen LogP contribution in [0.4, 0.5) is 0 Å². The molecular weight excluding hydrogens is 564 g/mol. The number of nitrogens with zero attached hydrogens (tertiary/aromatic N) is 1. The number of aryl methyl sites for hydroxylation is 3. The zero-order valence-electron chi connectivity index (χ0n) is 23.7. The van der Waals surface area contributed by atoms with Gasteiger partial charge < -0.3 is 24.4 Å². The summed E-state index contributed by atoms with van der Waals surface area (Å²) in [6, 6.07) is 26.1. The van der Waals surface area contributed by atoms with Crippen molar-refractivity contribution >= 4 is 28.5 Å². The first kappa shape index (κ1) is 28.0. The maximum atomic E-state index is 13.1. The highest BCUT2D eigenvalue weighted by Gasteiger charge is 2.31. The number of nitrogens with two attached hydrogens (primary N) is 1. The second-order valence-electron chi connectivity index (χ2n) is 10.5. The number of rotatable bonds is 6. The van der Waals surface area contributed by atoms with Crippen LogP contribution >= 0.6 is 11.6 Å². The molecular formula is C35H27ClN2O5. The van der Waals surface area contributed by atoms with E-state index in [0.717, 1.165) is 27.6 Å². The molecule has 6 rings (SSSR count). The van der Waals surface area contributed by atoms with Crippen LogP contribution < -0.4 is 19.9 Å². The Morgan fingerprint density at radius 3 is 2.37 bits per heavy atom. The van der Waals surface area contributed by atoms with E-state index in [1.165, 1.54) is 0 Å². The van der Waals surface area contributed by atoms with Gasteiger partial charge in [-0.3, -0.25) is 0 Å². The lowest BCUT2D eigenvalue weighted by Crippen LogP contribution is -2.21. The van der Waals surface area contributed by atoms with E-state index in [-0.39, 0.29) is 23.0 Å². The van der Waals surface area contributed by atoms with Crippen LogP contribution in [0.5, 0.6) is 17.2 Å². The van der Waals surface area contributed by atoms with Gasteiger partial charge in [-0.1, -0.05) is 41.9 Å². The van der Waals surface area contributed by atoms with Crippen LogP contribution in [-0.2, 0) is 6.61 Å². The topological polar surface area (TPSA) is 108 Å². The molecule has 1 unspecified atom stereocenters. The van der Waals surface area contributed by atoms with Gasteiger partial charge in [-0.15, -0.1) is 0 Å². The maximum absolute atomic E-state index is 13.1. The molecule has 2 heterocycles. The Bertz CT molecular complexity index is 1950. The van der Waals surface area contributed by atoms with Crippen LogP contribution in [0.2, 0.25) is 5.02 Å². The van der Waals surface area contributed by atoms with Crippen molar-refractivity contribution < 1.29 is 23.4 Å². The molecule has 1 aromatic heterocycles. The molecule has 1 aliphatic heterocycles. The van der Waals surface area contributed by atoms with Gasteiger partial charge in [0, 0.05) is 27.6 Å². The van der Waals surface area contributed by atoms with E-state index >= 15 is 0 Å². The van der Waals surface area contributed by atoms with E-state index in [1.54, 1.807) is 18.2 Å². The average molecular weight is 591 g/mol. The van der Waals surface area contributed by atoms with Crippen LogP contribution in [-0.4, -0.2) is 5.97 Å². The van der Waals surface area contributed by atoms with E-state index in [2.05, 4.69) is 6.07 Å². The predicted octanol–water partition coefficient (Wildman–Crippen LogP) is 8.03. The summed E-state index contributed by atoms with van der Waals surface area (Å²) >= 11 is 5.96. The number of nitriles is 1. The normalized spacial score (nSPS) is 14.2. The maximum Gasteiger partial charge on any atom is 0.379 e. The summed E-state index contributed by atoms with van der Waals surface area (Å²) in [5.74, 6) is 0.359. The third-order valence-electron chi connectivity index (χ3n) is 7.67. The van der Waals surface area contributed by atoms with Gasteiger partial charge in [0.1, 0.15) is 41.1 Å². The number of fused-ring (bicyclic) bond motifs is 2. The second kappa shape index (κ2) is 11.2.